The van der Waals surface area contributed by atoms with E-state index in [-0.39, 0.29) is 16.5 Å². The SMILES string of the molecule is O=S(=O)(NC1(CO)CCCCC1)c1ccc(Cl)c(Cl)c1. The van der Waals surface area contributed by atoms with Gasteiger partial charge in [-0.05, 0) is 31.0 Å². The van der Waals surface area contributed by atoms with Gasteiger partial charge in [-0.3, -0.25) is 0 Å². The average molecular weight is 338 g/mol. The Kier molecular flexibility index (Phi) is 4.97. The van der Waals surface area contributed by atoms with Gasteiger partial charge in [-0.15, -0.1) is 0 Å². The third kappa shape index (κ3) is 3.46. The lowest BCUT2D eigenvalue weighted by atomic mass is 9.83. The second-order valence-electron chi connectivity index (χ2n) is 5.18. The molecule has 1 aliphatic rings. The Bertz CT molecular complexity index is 583. The summed E-state index contributed by atoms with van der Waals surface area (Å²) in [5.74, 6) is 0. The summed E-state index contributed by atoms with van der Waals surface area (Å²) in [6.45, 7) is -0.201. The summed E-state index contributed by atoms with van der Waals surface area (Å²) < 4.78 is 27.4. The van der Waals surface area contributed by atoms with E-state index < -0.39 is 15.6 Å². The van der Waals surface area contributed by atoms with Gasteiger partial charge in [-0.1, -0.05) is 42.5 Å². The van der Waals surface area contributed by atoms with Crippen LogP contribution in [0.25, 0.3) is 0 Å². The van der Waals surface area contributed by atoms with Crippen LogP contribution in [0, 0.1) is 0 Å². The number of aliphatic hydroxyl groups is 1. The summed E-state index contributed by atoms with van der Waals surface area (Å²) in [5.41, 5.74) is -0.761. The minimum Gasteiger partial charge on any atom is -0.394 e. The smallest absolute Gasteiger partial charge is 0.241 e. The monoisotopic (exact) mass is 337 g/mol. The van der Waals surface area contributed by atoms with Crippen LogP contribution >= 0.6 is 23.2 Å². The molecule has 0 heterocycles. The molecule has 112 valence electrons. The summed E-state index contributed by atoms with van der Waals surface area (Å²) in [7, 11) is -3.72. The Morgan fingerprint density at radius 1 is 1.15 bits per heavy atom. The first-order valence-corrected chi connectivity index (χ1v) is 8.72. The van der Waals surface area contributed by atoms with Gasteiger partial charge < -0.3 is 5.11 Å². The standard InChI is InChI=1S/C13H17Cl2NO3S/c14-11-5-4-10(8-12(11)15)20(18,19)16-13(9-17)6-2-1-3-7-13/h4-5,8,16-17H,1-3,6-7,9H2. The topological polar surface area (TPSA) is 66.4 Å². The molecular formula is C13H17Cl2NO3S. The van der Waals surface area contributed by atoms with E-state index in [9.17, 15) is 13.5 Å². The van der Waals surface area contributed by atoms with Crippen LogP contribution in [0.15, 0.2) is 23.1 Å². The molecule has 20 heavy (non-hydrogen) atoms. The van der Waals surface area contributed by atoms with Crippen molar-refractivity contribution >= 4 is 33.2 Å². The molecule has 0 atom stereocenters. The van der Waals surface area contributed by atoms with E-state index in [0.29, 0.717) is 17.9 Å². The van der Waals surface area contributed by atoms with Crippen LogP contribution in [0.5, 0.6) is 0 Å². The Balaban J connectivity index is 2.27. The Morgan fingerprint density at radius 3 is 2.35 bits per heavy atom. The molecule has 1 saturated carbocycles. The van der Waals surface area contributed by atoms with E-state index in [4.69, 9.17) is 23.2 Å². The number of hydrogen-bond acceptors (Lipinski definition) is 3. The van der Waals surface area contributed by atoms with E-state index in [1.807, 2.05) is 0 Å². The predicted molar refractivity (Wildman–Crippen MR) is 79.7 cm³/mol. The molecule has 0 bridgehead atoms. The van der Waals surface area contributed by atoms with Crippen molar-refractivity contribution in [1.82, 2.24) is 4.72 Å². The minimum atomic E-state index is -3.72. The summed E-state index contributed by atoms with van der Waals surface area (Å²) >= 11 is 11.6. The molecule has 0 aliphatic heterocycles. The molecule has 7 heteroatoms. The lowest BCUT2D eigenvalue weighted by molar-refractivity contribution is 0.142. The normalized spacial score (nSPS) is 18.9. The molecule has 0 spiro atoms. The third-order valence-electron chi connectivity index (χ3n) is 3.67. The van der Waals surface area contributed by atoms with Crippen molar-refractivity contribution in [1.29, 1.82) is 0 Å². The molecule has 2 rings (SSSR count). The summed E-state index contributed by atoms with van der Waals surface area (Å²) in [4.78, 5) is 0.0605. The molecule has 4 nitrogen and oxygen atoms in total. The van der Waals surface area contributed by atoms with Crippen molar-refractivity contribution in [2.45, 2.75) is 42.5 Å². The zero-order valence-corrected chi connectivity index (χ0v) is 13.2. The fourth-order valence-electron chi connectivity index (χ4n) is 2.51. The minimum absolute atomic E-state index is 0.0605. The number of rotatable bonds is 4. The fourth-order valence-corrected chi connectivity index (χ4v) is 4.35. The highest BCUT2D eigenvalue weighted by atomic mass is 35.5. The molecule has 0 amide bonds. The molecular weight excluding hydrogens is 321 g/mol. The number of sulfonamides is 1. The van der Waals surface area contributed by atoms with Crippen LogP contribution in [0.3, 0.4) is 0 Å². The van der Waals surface area contributed by atoms with Crippen LogP contribution in [0.1, 0.15) is 32.1 Å². The maximum Gasteiger partial charge on any atom is 0.241 e. The molecule has 0 unspecified atom stereocenters. The molecule has 1 aliphatic carbocycles. The van der Waals surface area contributed by atoms with Crippen molar-refractivity contribution in [3.8, 4) is 0 Å². The van der Waals surface area contributed by atoms with Crippen LogP contribution in [0.2, 0.25) is 10.0 Å². The zero-order valence-electron chi connectivity index (χ0n) is 10.9. The molecule has 0 radical (unpaired) electrons. The van der Waals surface area contributed by atoms with Crippen LogP contribution in [0.4, 0.5) is 0 Å². The third-order valence-corrected chi connectivity index (χ3v) is 5.98. The number of aliphatic hydroxyl groups excluding tert-OH is 1. The number of halogens is 2. The molecule has 2 N–H and O–H groups in total. The van der Waals surface area contributed by atoms with Crippen LogP contribution in [-0.2, 0) is 10.0 Å². The molecule has 1 aromatic rings. The van der Waals surface area contributed by atoms with Crippen molar-refractivity contribution in [2.75, 3.05) is 6.61 Å². The highest BCUT2D eigenvalue weighted by Gasteiger charge is 2.36. The summed E-state index contributed by atoms with van der Waals surface area (Å²) in [5, 5.41) is 10.1. The van der Waals surface area contributed by atoms with Crippen molar-refractivity contribution in [3.63, 3.8) is 0 Å². The average Bonchev–Trinajstić information content (AvgIpc) is 2.42. The van der Waals surface area contributed by atoms with Gasteiger partial charge in [-0.25, -0.2) is 13.1 Å². The molecule has 1 fully saturated rings. The molecule has 1 aromatic carbocycles. The predicted octanol–water partition coefficient (Wildman–Crippen LogP) is 2.97. The molecule has 0 aromatic heterocycles. The molecule has 0 saturated heterocycles. The van der Waals surface area contributed by atoms with E-state index in [1.54, 1.807) is 0 Å². The second-order valence-corrected chi connectivity index (χ2v) is 7.68. The van der Waals surface area contributed by atoms with Crippen molar-refractivity contribution in [2.24, 2.45) is 0 Å². The van der Waals surface area contributed by atoms with Gasteiger partial charge in [0.25, 0.3) is 0 Å². The lowest BCUT2D eigenvalue weighted by Gasteiger charge is -2.36. The Hall–Kier alpha value is -0.330. The van der Waals surface area contributed by atoms with E-state index in [1.165, 1.54) is 18.2 Å². The maximum atomic E-state index is 12.4. The Labute approximate surface area is 129 Å². The first-order chi connectivity index (χ1) is 9.38. The van der Waals surface area contributed by atoms with Crippen LogP contribution in [-0.4, -0.2) is 25.7 Å². The largest absolute Gasteiger partial charge is 0.394 e. The van der Waals surface area contributed by atoms with Gasteiger partial charge in [0.1, 0.15) is 0 Å². The quantitative estimate of drug-likeness (QED) is 0.887. The zero-order chi connectivity index (χ0) is 14.8. The van der Waals surface area contributed by atoms with Gasteiger partial charge in [0, 0.05) is 0 Å². The first kappa shape index (κ1) is 16.0. The van der Waals surface area contributed by atoms with Crippen molar-refractivity contribution < 1.29 is 13.5 Å². The number of benzene rings is 1. The number of hydrogen-bond donors (Lipinski definition) is 2. The maximum absolute atomic E-state index is 12.4. The van der Waals surface area contributed by atoms with E-state index in [0.717, 1.165) is 19.3 Å². The fraction of sp³-hybridized carbons (Fsp3) is 0.538. The lowest BCUT2D eigenvalue weighted by Crippen LogP contribution is -2.52. The summed E-state index contributed by atoms with van der Waals surface area (Å²) in [6.07, 6.45) is 4.17. The van der Waals surface area contributed by atoms with Crippen molar-refractivity contribution in [3.05, 3.63) is 28.2 Å². The van der Waals surface area contributed by atoms with Gasteiger partial charge >= 0.3 is 0 Å². The van der Waals surface area contributed by atoms with Gasteiger partial charge in [0.2, 0.25) is 10.0 Å². The highest BCUT2D eigenvalue weighted by Crippen LogP contribution is 2.31. The Morgan fingerprint density at radius 2 is 1.80 bits per heavy atom. The van der Waals surface area contributed by atoms with E-state index >= 15 is 0 Å². The van der Waals surface area contributed by atoms with Gasteiger partial charge in [0.15, 0.2) is 0 Å². The van der Waals surface area contributed by atoms with Gasteiger partial charge in [0.05, 0.1) is 27.1 Å². The second kappa shape index (κ2) is 6.20. The summed E-state index contributed by atoms with van der Waals surface area (Å²) in [6, 6.07) is 4.18. The van der Waals surface area contributed by atoms with Gasteiger partial charge in [-0.2, -0.15) is 0 Å². The highest BCUT2D eigenvalue weighted by molar-refractivity contribution is 7.89. The number of nitrogens with one attached hydrogen (secondary N) is 1. The first-order valence-electron chi connectivity index (χ1n) is 6.48. The van der Waals surface area contributed by atoms with Crippen LogP contribution < -0.4 is 4.72 Å². The van der Waals surface area contributed by atoms with E-state index in [2.05, 4.69) is 4.72 Å².